The highest BCUT2D eigenvalue weighted by Gasteiger charge is 2.13. The summed E-state index contributed by atoms with van der Waals surface area (Å²) in [6.45, 7) is -0.459. The lowest BCUT2D eigenvalue weighted by molar-refractivity contribution is -0.144. The van der Waals surface area contributed by atoms with Crippen LogP contribution in [0.25, 0.3) is 11.4 Å². The average molecular weight is 446 g/mol. The number of methoxy groups -OCH3 is 1. The van der Waals surface area contributed by atoms with E-state index in [0.717, 1.165) is 10.0 Å². The van der Waals surface area contributed by atoms with Crippen LogP contribution in [0.5, 0.6) is 5.75 Å². The van der Waals surface area contributed by atoms with E-state index >= 15 is 0 Å². The number of halogens is 1. The summed E-state index contributed by atoms with van der Waals surface area (Å²) < 4.78 is 16.0. The van der Waals surface area contributed by atoms with E-state index in [0.29, 0.717) is 17.1 Å². The van der Waals surface area contributed by atoms with Gasteiger partial charge in [-0.25, -0.2) is 0 Å². The number of carbonyl (C=O) groups excluding carboxylic acids is 2. The summed E-state index contributed by atoms with van der Waals surface area (Å²) in [5.74, 6) is 0.242. The van der Waals surface area contributed by atoms with Gasteiger partial charge in [0.1, 0.15) is 12.3 Å². The minimum atomic E-state index is -0.618. The lowest BCUT2D eigenvalue weighted by Gasteiger charge is -2.05. The van der Waals surface area contributed by atoms with E-state index < -0.39 is 5.97 Å². The van der Waals surface area contributed by atoms with Crippen LogP contribution in [0.3, 0.4) is 0 Å². The number of nitrogens with zero attached hydrogens (tertiary/aromatic N) is 2. The molecule has 0 radical (unpaired) electrons. The lowest BCUT2D eigenvalue weighted by atomic mass is 10.2. The van der Waals surface area contributed by atoms with Gasteiger partial charge in [0.15, 0.2) is 6.61 Å². The molecule has 0 aliphatic carbocycles. The van der Waals surface area contributed by atoms with Crippen LogP contribution in [-0.2, 0) is 16.1 Å². The van der Waals surface area contributed by atoms with Crippen molar-refractivity contribution in [2.45, 2.75) is 6.61 Å². The molecule has 0 aliphatic rings. The number of carbonyl (C=O) groups is 2. The van der Waals surface area contributed by atoms with Crippen LogP contribution in [0.15, 0.2) is 57.5 Å². The first-order chi connectivity index (χ1) is 13.5. The van der Waals surface area contributed by atoms with Crippen molar-refractivity contribution in [3.8, 4) is 17.1 Å². The van der Waals surface area contributed by atoms with E-state index in [1.54, 1.807) is 55.6 Å². The molecule has 0 aliphatic heterocycles. The van der Waals surface area contributed by atoms with Gasteiger partial charge in [-0.05, 0) is 42.5 Å². The Morgan fingerprint density at radius 1 is 1.18 bits per heavy atom. The molecule has 144 valence electrons. The molecule has 0 saturated heterocycles. The molecule has 3 rings (SSSR count). The second-order valence-electron chi connectivity index (χ2n) is 5.59. The Hall–Kier alpha value is -3.20. The first kappa shape index (κ1) is 19.6. The maximum atomic E-state index is 12.0. The molecule has 2 aromatic carbocycles. The monoisotopic (exact) mass is 445 g/mol. The molecule has 0 fully saturated rings. The van der Waals surface area contributed by atoms with E-state index in [2.05, 4.69) is 31.4 Å². The summed E-state index contributed by atoms with van der Waals surface area (Å²) >= 11 is 3.29. The van der Waals surface area contributed by atoms with Crippen LogP contribution in [0.1, 0.15) is 16.2 Å². The third kappa shape index (κ3) is 5.17. The topological polar surface area (TPSA) is 104 Å². The van der Waals surface area contributed by atoms with Crippen LogP contribution in [0, 0.1) is 0 Å². The molecule has 1 aromatic heterocycles. The number of nitrogens with one attached hydrogen (secondary N) is 1. The molecule has 1 amide bonds. The molecule has 0 atom stereocenters. The Labute approximate surface area is 169 Å². The highest BCUT2D eigenvalue weighted by Crippen LogP contribution is 2.19. The van der Waals surface area contributed by atoms with E-state index in [9.17, 15) is 9.59 Å². The zero-order valence-electron chi connectivity index (χ0n) is 14.8. The summed E-state index contributed by atoms with van der Waals surface area (Å²) in [4.78, 5) is 28.0. The average Bonchev–Trinajstić information content (AvgIpc) is 3.19. The van der Waals surface area contributed by atoms with E-state index in [4.69, 9.17) is 14.0 Å². The van der Waals surface area contributed by atoms with Crippen molar-refractivity contribution in [3.63, 3.8) is 0 Å². The lowest BCUT2D eigenvalue weighted by Crippen LogP contribution is -2.30. The predicted octanol–water partition coefficient (Wildman–Crippen LogP) is 2.98. The fourth-order valence-electron chi connectivity index (χ4n) is 2.25. The van der Waals surface area contributed by atoms with Gasteiger partial charge in [0, 0.05) is 15.6 Å². The number of aromatic nitrogens is 2. The smallest absolute Gasteiger partial charge is 0.325 e. The Morgan fingerprint density at radius 3 is 2.68 bits per heavy atom. The van der Waals surface area contributed by atoms with Crippen molar-refractivity contribution in [2.24, 2.45) is 0 Å². The number of ether oxygens (including phenoxy) is 2. The molecule has 0 bridgehead atoms. The van der Waals surface area contributed by atoms with Gasteiger partial charge >= 0.3 is 5.97 Å². The van der Waals surface area contributed by atoms with Crippen molar-refractivity contribution < 1.29 is 23.6 Å². The minimum Gasteiger partial charge on any atom is -0.497 e. The van der Waals surface area contributed by atoms with Crippen LogP contribution in [0.2, 0.25) is 0 Å². The quantitative estimate of drug-likeness (QED) is 0.557. The van der Waals surface area contributed by atoms with Gasteiger partial charge in [0.25, 0.3) is 11.8 Å². The highest BCUT2D eigenvalue weighted by atomic mass is 79.9. The third-order valence-electron chi connectivity index (χ3n) is 3.65. The van der Waals surface area contributed by atoms with Crippen LogP contribution >= 0.6 is 15.9 Å². The van der Waals surface area contributed by atoms with Crippen molar-refractivity contribution in [1.82, 2.24) is 15.5 Å². The van der Waals surface area contributed by atoms with Gasteiger partial charge in [-0.3, -0.25) is 9.59 Å². The molecular weight excluding hydrogens is 430 g/mol. The van der Waals surface area contributed by atoms with E-state index in [1.807, 2.05) is 0 Å². The molecule has 3 aromatic rings. The molecule has 0 spiro atoms. The van der Waals surface area contributed by atoms with Gasteiger partial charge in [0.05, 0.1) is 7.11 Å². The number of hydrogen-bond acceptors (Lipinski definition) is 7. The fraction of sp³-hybridized carbons (Fsp3) is 0.158. The molecule has 1 heterocycles. The number of benzene rings is 2. The third-order valence-corrected chi connectivity index (χ3v) is 4.15. The number of hydrogen-bond donors (Lipinski definition) is 1. The number of rotatable bonds is 7. The maximum Gasteiger partial charge on any atom is 0.325 e. The molecule has 1 N–H and O–H groups in total. The summed E-state index contributed by atoms with van der Waals surface area (Å²) in [6, 6.07) is 14.0. The Balaban J connectivity index is 1.48. The first-order valence-corrected chi connectivity index (χ1v) is 9.01. The van der Waals surface area contributed by atoms with Gasteiger partial charge in [-0.2, -0.15) is 4.98 Å². The van der Waals surface area contributed by atoms with Crippen LogP contribution < -0.4 is 10.1 Å². The van der Waals surface area contributed by atoms with Gasteiger partial charge < -0.3 is 19.3 Å². The van der Waals surface area contributed by atoms with Crippen LogP contribution in [-0.4, -0.2) is 35.7 Å². The Kier molecular flexibility index (Phi) is 6.38. The zero-order chi connectivity index (χ0) is 19.9. The first-order valence-electron chi connectivity index (χ1n) is 8.21. The van der Waals surface area contributed by atoms with Gasteiger partial charge in [-0.1, -0.05) is 27.2 Å². The second kappa shape index (κ2) is 9.14. The molecule has 0 unspecified atom stereocenters. The standard InChI is InChI=1S/C19H16BrN3O5/c1-26-15-7-5-12(6-8-15)18-22-16(28-23-18)11-27-17(24)10-21-19(25)13-3-2-4-14(20)9-13/h2-9H,10-11H2,1H3,(H,21,25). The normalized spacial score (nSPS) is 10.4. The van der Waals surface area contributed by atoms with Crippen molar-refractivity contribution in [1.29, 1.82) is 0 Å². The van der Waals surface area contributed by atoms with Gasteiger partial charge in [0.2, 0.25) is 5.82 Å². The summed E-state index contributed by atoms with van der Waals surface area (Å²) in [5, 5.41) is 6.34. The molecule has 0 saturated carbocycles. The van der Waals surface area contributed by atoms with Crippen molar-refractivity contribution >= 4 is 27.8 Å². The number of esters is 1. The Morgan fingerprint density at radius 2 is 1.96 bits per heavy atom. The summed E-state index contributed by atoms with van der Waals surface area (Å²) in [7, 11) is 1.58. The summed E-state index contributed by atoms with van der Waals surface area (Å²) in [6.07, 6.45) is 0. The molecule has 9 heteroatoms. The molecular formula is C19H16BrN3O5. The second-order valence-corrected chi connectivity index (χ2v) is 6.51. The van der Waals surface area contributed by atoms with Crippen molar-refractivity contribution in [2.75, 3.05) is 13.7 Å². The SMILES string of the molecule is COc1ccc(-c2noc(COC(=O)CNC(=O)c3cccc(Br)c3)n2)cc1. The van der Waals surface area contributed by atoms with E-state index in [-0.39, 0.29) is 24.9 Å². The largest absolute Gasteiger partial charge is 0.497 e. The van der Waals surface area contributed by atoms with Crippen LogP contribution in [0.4, 0.5) is 0 Å². The molecule has 28 heavy (non-hydrogen) atoms. The van der Waals surface area contributed by atoms with Gasteiger partial charge in [-0.15, -0.1) is 0 Å². The molecule has 8 nitrogen and oxygen atoms in total. The van der Waals surface area contributed by atoms with E-state index in [1.165, 1.54) is 0 Å². The highest BCUT2D eigenvalue weighted by molar-refractivity contribution is 9.10. The summed E-state index contributed by atoms with van der Waals surface area (Å²) in [5.41, 5.74) is 1.17. The zero-order valence-corrected chi connectivity index (χ0v) is 16.4. The number of amides is 1. The maximum absolute atomic E-state index is 12.0. The minimum absolute atomic E-state index is 0.150. The predicted molar refractivity (Wildman–Crippen MR) is 103 cm³/mol. The Bertz CT molecular complexity index is 972. The van der Waals surface area contributed by atoms with Crippen molar-refractivity contribution in [3.05, 3.63) is 64.5 Å². The fourth-order valence-corrected chi connectivity index (χ4v) is 2.65.